The number of nitriles is 1. The fourth-order valence-electron chi connectivity index (χ4n) is 7.83. The van der Waals surface area contributed by atoms with Gasteiger partial charge in [-0.05, 0) is 89.1 Å². The smallest absolute Gasteiger partial charge is 0.411 e. The first-order valence-electron chi connectivity index (χ1n) is 15.9. The highest BCUT2D eigenvalue weighted by Crippen LogP contribution is 2.51. The van der Waals surface area contributed by atoms with Gasteiger partial charge in [0.05, 0.1) is 30.5 Å². The summed E-state index contributed by atoms with van der Waals surface area (Å²) in [7, 11) is 2.13. The molecule has 0 radical (unpaired) electrons. The van der Waals surface area contributed by atoms with Gasteiger partial charge in [-0.3, -0.25) is 14.7 Å². The summed E-state index contributed by atoms with van der Waals surface area (Å²) in [5.74, 6) is -0.813. The number of halogens is 1. The predicted molar refractivity (Wildman–Crippen MR) is 166 cm³/mol. The van der Waals surface area contributed by atoms with E-state index in [1.165, 1.54) is 11.6 Å². The first-order chi connectivity index (χ1) is 20.8. The molecule has 6 rings (SSSR count). The van der Waals surface area contributed by atoms with Gasteiger partial charge in [-0.2, -0.15) is 5.26 Å². The molecule has 1 aliphatic carbocycles. The summed E-state index contributed by atoms with van der Waals surface area (Å²) >= 11 is 0. The summed E-state index contributed by atoms with van der Waals surface area (Å²) in [5.41, 5.74) is 1.92. The van der Waals surface area contributed by atoms with E-state index in [0.29, 0.717) is 24.3 Å². The minimum Gasteiger partial charge on any atom is -0.444 e. The van der Waals surface area contributed by atoms with Gasteiger partial charge in [-0.1, -0.05) is 19.1 Å². The fraction of sp³-hybridized carbons (Fsp3) is 0.647. The lowest BCUT2D eigenvalue weighted by molar-refractivity contribution is -0.128. The van der Waals surface area contributed by atoms with Crippen molar-refractivity contribution >= 4 is 17.7 Å². The van der Waals surface area contributed by atoms with Gasteiger partial charge in [0.25, 0.3) is 0 Å². The standard InChI is InChI=1S/C34H44FN5O4.H2/c1-32(2,3)44-31(42)40-25-9-8-23(15-25)29(40)30(41)38-24(18-36)14-21-6-7-22(16-26(21)35)27-17-28-33(4,19-37-27)20-43-34(28)10-12-39(5)13-11-34;/h6-7,16-17,23-25,29H,8-15,19-20H2,1-5H3,(H,38,41);1H/t23-,24-,25?,29-,33?;/m0./s1. The van der Waals surface area contributed by atoms with Crippen LogP contribution in [0.1, 0.15) is 72.4 Å². The number of piperidine rings is 2. The molecule has 5 atom stereocenters. The average molecular weight is 608 g/mol. The van der Waals surface area contributed by atoms with Crippen LogP contribution in [0.5, 0.6) is 0 Å². The zero-order valence-corrected chi connectivity index (χ0v) is 26.5. The molecule has 4 aliphatic heterocycles. The van der Waals surface area contributed by atoms with Crippen molar-refractivity contribution in [1.82, 2.24) is 15.1 Å². The Kier molecular flexibility index (Phi) is 7.86. The zero-order chi connectivity index (χ0) is 31.4. The number of ether oxygens (including phenoxy) is 2. The summed E-state index contributed by atoms with van der Waals surface area (Å²) in [6.07, 6.45) is 5.91. The minimum absolute atomic E-state index is 0. The molecule has 1 spiro atoms. The van der Waals surface area contributed by atoms with E-state index in [1.54, 1.807) is 31.7 Å². The van der Waals surface area contributed by atoms with Crippen molar-refractivity contribution in [3.05, 3.63) is 46.8 Å². The third-order valence-corrected chi connectivity index (χ3v) is 10.2. The van der Waals surface area contributed by atoms with Gasteiger partial charge in [0.2, 0.25) is 5.91 Å². The highest BCUT2D eigenvalue weighted by atomic mass is 19.1. The van der Waals surface area contributed by atoms with E-state index in [9.17, 15) is 14.9 Å². The van der Waals surface area contributed by atoms with E-state index in [0.717, 1.165) is 50.9 Å². The second kappa shape index (κ2) is 11.3. The number of carbonyl (C=O) groups excluding carboxylic acids is 2. The highest BCUT2D eigenvalue weighted by Gasteiger charge is 2.54. The molecule has 4 fully saturated rings. The number of hydrogen-bond acceptors (Lipinski definition) is 7. The Bertz CT molecular complexity index is 1440. The van der Waals surface area contributed by atoms with Crippen LogP contribution in [0.25, 0.3) is 0 Å². The third-order valence-electron chi connectivity index (χ3n) is 10.2. The Hall–Kier alpha value is -3.29. The molecular formula is C34H46FN5O4. The molecule has 5 aliphatic rings. The summed E-state index contributed by atoms with van der Waals surface area (Å²) in [6, 6.07) is 5.42. The molecule has 2 unspecified atom stereocenters. The summed E-state index contributed by atoms with van der Waals surface area (Å²) in [4.78, 5) is 35.1. The Morgan fingerprint density at radius 1 is 1.30 bits per heavy atom. The largest absolute Gasteiger partial charge is 0.444 e. The number of dihydropyridines is 1. The molecule has 1 N–H and O–H groups in total. The van der Waals surface area contributed by atoms with Crippen molar-refractivity contribution in [2.24, 2.45) is 16.3 Å². The lowest BCUT2D eigenvalue weighted by atomic mass is 9.71. The number of aliphatic imine (C=N–C) groups is 1. The van der Waals surface area contributed by atoms with Crippen LogP contribution in [0, 0.1) is 28.5 Å². The van der Waals surface area contributed by atoms with Gasteiger partial charge in [0, 0.05) is 38.0 Å². The number of benzene rings is 1. The topological polar surface area (TPSA) is 107 Å². The number of rotatable bonds is 5. The van der Waals surface area contributed by atoms with Crippen molar-refractivity contribution in [2.75, 3.05) is 33.3 Å². The number of nitrogens with one attached hydrogen (secondary N) is 1. The molecule has 9 nitrogen and oxygen atoms in total. The fourth-order valence-corrected chi connectivity index (χ4v) is 7.83. The average Bonchev–Trinajstić information content (AvgIpc) is 3.66. The maximum absolute atomic E-state index is 15.5. The number of likely N-dealkylation sites (tertiary alicyclic amines) is 2. The molecule has 4 heterocycles. The second-order valence-electron chi connectivity index (χ2n) is 14.7. The van der Waals surface area contributed by atoms with E-state index in [2.05, 4.69) is 36.3 Å². The minimum atomic E-state index is -0.947. The lowest BCUT2D eigenvalue weighted by Crippen LogP contribution is -2.55. The Morgan fingerprint density at radius 3 is 2.73 bits per heavy atom. The Morgan fingerprint density at radius 2 is 2.05 bits per heavy atom. The molecule has 1 saturated carbocycles. The van der Waals surface area contributed by atoms with Crippen LogP contribution in [0.3, 0.4) is 0 Å². The predicted octanol–water partition coefficient (Wildman–Crippen LogP) is 4.64. The van der Waals surface area contributed by atoms with Gasteiger partial charge in [-0.15, -0.1) is 0 Å². The summed E-state index contributed by atoms with van der Waals surface area (Å²) < 4.78 is 27.6. The van der Waals surface area contributed by atoms with Crippen LogP contribution in [0.2, 0.25) is 0 Å². The van der Waals surface area contributed by atoms with Gasteiger partial charge < -0.3 is 19.7 Å². The van der Waals surface area contributed by atoms with Crippen molar-refractivity contribution < 1.29 is 24.9 Å². The van der Waals surface area contributed by atoms with Crippen LogP contribution < -0.4 is 5.32 Å². The van der Waals surface area contributed by atoms with Crippen molar-refractivity contribution in [3.63, 3.8) is 0 Å². The number of fused-ring (bicyclic) bond motifs is 4. The number of hydrogen-bond donors (Lipinski definition) is 1. The van der Waals surface area contributed by atoms with Crippen LogP contribution in [-0.2, 0) is 20.7 Å². The third kappa shape index (κ3) is 5.65. The number of amides is 2. The van der Waals surface area contributed by atoms with Gasteiger partial charge in [0.15, 0.2) is 0 Å². The Labute approximate surface area is 260 Å². The van der Waals surface area contributed by atoms with E-state index >= 15 is 4.39 Å². The molecule has 44 heavy (non-hydrogen) atoms. The first kappa shape index (κ1) is 30.7. The van der Waals surface area contributed by atoms with Crippen LogP contribution >= 0.6 is 0 Å². The molecule has 238 valence electrons. The molecule has 3 saturated heterocycles. The van der Waals surface area contributed by atoms with Gasteiger partial charge in [0.1, 0.15) is 23.5 Å². The SMILES string of the molecule is CN1CCC2(CC1)OCC1(C)CN=C(c3ccc(C[C@@H](C#N)NC(=O)[C@@H]4[C@H]5CCC(C5)N4C(=O)OC(C)(C)C)c(F)c3)C=C12.[HH]. The zero-order valence-electron chi connectivity index (χ0n) is 26.5. The highest BCUT2D eigenvalue weighted by molar-refractivity contribution is 6.10. The number of carbonyl (C=O) groups is 2. The van der Waals surface area contributed by atoms with Crippen molar-refractivity contribution in [1.29, 1.82) is 5.26 Å². The molecule has 2 bridgehead atoms. The van der Waals surface area contributed by atoms with E-state index in [4.69, 9.17) is 14.5 Å². The molecule has 2 amide bonds. The van der Waals surface area contributed by atoms with Gasteiger partial charge in [-0.25, -0.2) is 9.18 Å². The van der Waals surface area contributed by atoms with Crippen LogP contribution in [-0.4, -0.2) is 90.1 Å². The van der Waals surface area contributed by atoms with E-state index in [-0.39, 0.29) is 36.7 Å². The van der Waals surface area contributed by atoms with Crippen LogP contribution in [0.15, 0.2) is 34.8 Å². The number of allylic oxidation sites excluding steroid dienone is 1. The van der Waals surface area contributed by atoms with E-state index in [1.807, 2.05) is 6.07 Å². The molecule has 10 heteroatoms. The molecular weight excluding hydrogens is 561 g/mol. The quantitative estimate of drug-likeness (QED) is 0.523. The maximum Gasteiger partial charge on any atom is 0.411 e. The molecule has 0 aromatic heterocycles. The van der Waals surface area contributed by atoms with Crippen molar-refractivity contribution in [3.8, 4) is 6.07 Å². The summed E-state index contributed by atoms with van der Waals surface area (Å²) in [5, 5.41) is 12.7. The lowest BCUT2D eigenvalue weighted by Gasteiger charge is -2.40. The normalized spacial score (nSPS) is 29.9. The van der Waals surface area contributed by atoms with E-state index < -0.39 is 29.6 Å². The monoisotopic (exact) mass is 607 g/mol. The maximum atomic E-state index is 15.5. The van der Waals surface area contributed by atoms with Crippen LogP contribution in [0.4, 0.5) is 9.18 Å². The summed E-state index contributed by atoms with van der Waals surface area (Å²) in [6.45, 7) is 10.8. The first-order valence-corrected chi connectivity index (χ1v) is 15.9. The number of nitrogens with zero attached hydrogens (tertiary/aromatic N) is 4. The van der Waals surface area contributed by atoms with Crippen molar-refractivity contribution in [2.45, 2.75) is 95.5 Å². The molecule has 1 aromatic carbocycles. The Balaban J connectivity index is 0.00000400. The second-order valence-corrected chi connectivity index (χ2v) is 14.7. The van der Waals surface area contributed by atoms with Gasteiger partial charge >= 0.3 is 6.09 Å². The molecule has 1 aromatic rings.